The molecule has 0 bridgehead atoms. The Hall–Kier alpha value is -1.13. The van der Waals surface area contributed by atoms with Gasteiger partial charge in [-0.2, -0.15) is 0 Å². The van der Waals surface area contributed by atoms with Crippen LogP contribution >= 0.6 is 11.6 Å². The minimum atomic E-state index is -0.478. The third kappa shape index (κ3) is 4.48. The Bertz CT molecular complexity index is 447. The fraction of sp³-hybridized carbons (Fsp3) is 0.571. The molecule has 0 aliphatic rings. The van der Waals surface area contributed by atoms with Gasteiger partial charge in [-0.3, -0.25) is 4.79 Å². The number of rotatable bonds is 5. The van der Waals surface area contributed by atoms with E-state index in [1.54, 1.807) is 6.07 Å². The predicted molar refractivity (Wildman–Crippen MR) is 76.2 cm³/mol. The summed E-state index contributed by atoms with van der Waals surface area (Å²) in [5.41, 5.74) is 0.0792. The summed E-state index contributed by atoms with van der Waals surface area (Å²) in [6, 6.07) is 3.12. The van der Waals surface area contributed by atoms with Crippen molar-refractivity contribution in [3.05, 3.63) is 29.0 Å². The van der Waals surface area contributed by atoms with Gasteiger partial charge in [0.15, 0.2) is 0 Å². The summed E-state index contributed by atoms with van der Waals surface area (Å²) in [6.07, 6.45) is 1.01. The van der Waals surface area contributed by atoms with Gasteiger partial charge in [0.05, 0.1) is 6.10 Å². The van der Waals surface area contributed by atoms with Crippen LogP contribution in [0.5, 0.6) is 0 Å². The molecule has 0 radical (unpaired) electrons. The van der Waals surface area contributed by atoms with E-state index in [1.807, 2.05) is 27.7 Å². The molecule has 0 saturated carbocycles. The van der Waals surface area contributed by atoms with Gasteiger partial charge in [-0.25, -0.2) is 4.98 Å². The molecule has 1 heterocycles. The zero-order chi connectivity index (χ0) is 14.6. The molecular weight excluding hydrogens is 264 g/mol. The highest BCUT2D eigenvalue weighted by Gasteiger charge is 2.30. The lowest BCUT2D eigenvalue weighted by Crippen LogP contribution is -2.43. The number of aliphatic hydroxyl groups excluding tert-OH is 1. The quantitative estimate of drug-likeness (QED) is 0.817. The molecule has 0 spiro atoms. The molecule has 1 aromatic heterocycles. The average molecular weight is 285 g/mol. The first kappa shape index (κ1) is 15.9. The summed E-state index contributed by atoms with van der Waals surface area (Å²) in [7, 11) is 0. The average Bonchev–Trinajstić information content (AvgIpc) is 2.35. The van der Waals surface area contributed by atoms with Crippen LogP contribution in [0.4, 0.5) is 0 Å². The van der Waals surface area contributed by atoms with E-state index in [0.29, 0.717) is 12.1 Å². The van der Waals surface area contributed by atoms with Crippen LogP contribution in [0.15, 0.2) is 18.3 Å². The molecular formula is C14H21ClN2O2. The molecule has 19 heavy (non-hydrogen) atoms. The summed E-state index contributed by atoms with van der Waals surface area (Å²) in [4.78, 5) is 15.8. The molecule has 1 aromatic rings. The minimum Gasteiger partial charge on any atom is -0.392 e. The molecule has 0 aromatic carbocycles. The molecule has 0 saturated heterocycles. The Morgan fingerprint density at radius 1 is 1.53 bits per heavy atom. The summed E-state index contributed by atoms with van der Waals surface area (Å²) in [6.45, 7) is 8.16. The van der Waals surface area contributed by atoms with Crippen molar-refractivity contribution in [1.29, 1.82) is 0 Å². The lowest BCUT2D eigenvalue weighted by Gasteiger charge is -2.33. The monoisotopic (exact) mass is 284 g/mol. The fourth-order valence-electron chi connectivity index (χ4n) is 1.96. The summed E-state index contributed by atoms with van der Waals surface area (Å²) < 4.78 is 0. The molecule has 0 aliphatic heterocycles. The molecule has 4 nitrogen and oxygen atoms in total. The Morgan fingerprint density at radius 2 is 2.16 bits per heavy atom. The van der Waals surface area contributed by atoms with Gasteiger partial charge < -0.3 is 10.4 Å². The van der Waals surface area contributed by atoms with E-state index in [2.05, 4.69) is 10.3 Å². The Labute approximate surface area is 119 Å². The smallest absolute Gasteiger partial charge is 0.251 e. The minimum absolute atomic E-state index is 0.141. The van der Waals surface area contributed by atoms with Gasteiger partial charge in [-0.15, -0.1) is 0 Å². The number of pyridine rings is 1. The molecule has 1 atom stereocenters. The molecule has 1 amide bonds. The van der Waals surface area contributed by atoms with Crippen LogP contribution in [0, 0.1) is 11.3 Å². The maximum Gasteiger partial charge on any atom is 0.251 e. The van der Waals surface area contributed by atoms with Crippen LogP contribution in [0.2, 0.25) is 5.15 Å². The van der Waals surface area contributed by atoms with Crippen molar-refractivity contribution in [2.45, 2.75) is 33.8 Å². The maximum atomic E-state index is 12.0. The molecule has 106 valence electrons. The van der Waals surface area contributed by atoms with Gasteiger partial charge in [-0.1, -0.05) is 39.3 Å². The lowest BCUT2D eigenvalue weighted by molar-refractivity contribution is 0.0138. The van der Waals surface area contributed by atoms with E-state index in [1.165, 1.54) is 12.3 Å². The zero-order valence-electron chi connectivity index (χ0n) is 11.8. The molecule has 2 N–H and O–H groups in total. The fourth-order valence-corrected chi connectivity index (χ4v) is 2.13. The van der Waals surface area contributed by atoms with Gasteiger partial charge in [-0.05, 0) is 18.1 Å². The predicted octanol–water partition coefficient (Wildman–Crippen LogP) is 2.51. The van der Waals surface area contributed by atoms with Crippen LogP contribution in [0.3, 0.4) is 0 Å². The van der Waals surface area contributed by atoms with Crippen molar-refractivity contribution in [3.8, 4) is 0 Å². The number of hydrogen-bond donors (Lipinski definition) is 2. The second-order valence-corrected chi connectivity index (χ2v) is 6.11. The third-order valence-corrected chi connectivity index (χ3v) is 3.33. The number of nitrogens with one attached hydrogen (secondary N) is 1. The maximum absolute atomic E-state index is 12.0. The van der Waals surface area contributed by atoms with Crippen LogP contribution in [0.25, 0.3) is 0 Å². The first-order valence-electron chi connectivity index (χ1n) is 6.32. The van der Waals surface area contributed by atoms with Crippen LogP contribution in [-0.4, -0.2) is 28.6 Å². The van der Waals surface area contributed by atoms with Crippen molar-refractivity contribution in [2.75, 3.05) is 6.54 Å². The SMILES string of the molecule is CC(C)C(O)C(C)(C)CNC(=O)c1ccnc(Cl)c1. The standard InChI is InChI=1S/C14H21ClN2O2/c1-9(2)12(18)14(3,4)8-17-13(19)10-5-6-16-11(15)7-10/h5-7,9,12,18H,8H2,1-4H3,(H,17,19). The van der Waals surface area contributed by atoms with Gasteiger partial charge >= 0.3 is 0 Å². The van der Waals surface area contributed by atoms with Crippen LogP contribution in [-0.2, 0) is 0 Å². The molecule has 1 rings (SSSR count). The molecule has 1 unspecified atom stereocenters. The van der Waals surface area contributed by atoms with E-state index in [0.717, 1.165) is 0 Å². The first-order valence-corrected chi connectivity index (χ1v) is 6.69. The molecule has 5 heteroatoms. The second-order valence-electron chi connectivity index (χ2n) is 5.73. The van der Waals surface area contributed by atoms with Gasteiger partial charge in [0.2, 0.25) is 0 Å². The Kier molecular flexibility index (Phi) is 5.32. The van der Waals surface area contributed by atoms with E-state index in [4.69, 9.17) is 11.6 Å². The number of amides is 1. The summed E-state index contributed by atoms with van der Waals surface area (Å²) in [5, 5.41) is 13.2. The summed E-state index contributed by atoms with van der Waals surface area (Å²) >= 11 is 5.74. The number of halogens is 1. The summed E-state index contributed by atoms with van der Waals surface area (Å²) in [5.74, 6) is -0.0735. The lowest BCUT2D eigenvalue weighted by atomic mass is 9.80. The van der Waals surface area contributed by atoms with Gasteiger partial charge in [0, 0.05) is 23.7 Å². The second kappa shape index (κ2) is 6.35. The third-order valence-electron chi connectivity index (χ3n) is 3.13. The molecule has 0 aliphatic carbocycles. The number of carbonyl (C=O) groups excluding carboxylic acids is 1. The van der Waals surface area contributed by atoms with Crippen molar-refractivity contribution >= 4 is 17.5 Å². The van der Waals surface area contributed by atoms with E-state index in [-0.39, 0.29) is 22.4 Å². The molecule has 0 fully saturated rings. The van der Waals surface area contributed by atoms with Gasteiger partial charge in [0.25, 0.3) is 5.91 Å². The van der Waals surface area contributed by atoms with Crippen LogP contribution in [0.1, 0.15) is 38.1 Å². The van der Waals surface area contributed by atoms with Crippen molar-refractivity contribution in [1.82, 2.24) is 10.3 Å². The van der Waals surface area contributed by atoms with E-state index < -0.39 is 6.10 Å². The number of hydrogen-bond acceptors (Lipinski definition) is 3. The number of aliphatic hydroxyl groups is 1. The van der Waals surface area contributed by atoms with Crippen LogP contribution < -0.4 is 5.32 Å². The first-order chi connectivity index (χ1) is 8.74. The Morgan fingerprint density at radius 3 is 2.68 bits per heavy atom. The van der Waals surface area contributed by atoms with Crippen molar-refractivity contribution in [3.63, 3.8) is 0 Å². The van der Waals surface area contributed by atoms with E-state index >= 15 is 0 Å². The number of carbonyl (C=O) groups is 1. The van der Waals surface area contributed by atoms with Gasteiger partial charge in [0.1, 0.15) is 5.15 Å². The Balaban J connectivity index is 2.64. The normalized spacial score (nSPS) is 13.4. The van der Waals surface area contributed by atoms with Crippen molar-refractivity contribution < 1.29 is 9.90 Å². The highest BCUT2D eigenvalue weighted by atomic mass is 35.5. The van der Waals surface area contributed by atoms with E-state index in [9.17, 15) is 9.90 Å². The zero-order valence-corrected chi connectivity index (χ0v) is 12.5. The van der Waals surface area contributed by atoms with Crippen molar-refractivity contribution in [2.24, 2.45) is 11.3 Å². The number of aromatic nitrogens is 1. The number of nitrogens with zero attached hydrogens (tertiary/aromatic N) is 1. The topological polar surface area (TPSA) is 62.2 Å². The highest BCUT2D eigenvalue weighted by Crippen LogP contribution is 2.25. The highest BCUT2D eigenvalue weighted by molar-refractivity contribution is 6.29. The largest absolute Gasteiger partial charge is 0.392 e.